The van der Waals surface area contributed by atoms with Crippen LogP contribution in [-0.4, -0.2) is 20.8 Å². The van der Waals surface area contributed by atoms with Crippen molar-refractivity contribution >= 4 is 50.3 Å². The zero-order valence-corrected chi connectivity index (χ0v) is 23.5. The Morgan fingerprint density at radius 3 is 2.57 bits per heavy atom. The van der Waals surface area contributed by atoms with Crippen LogP contribution in [0.4, 0.5) is 18.9 Å². The topological polar surface area (TPSA) is 99.6 Å². The molecule has 0 saturated carbocycles. The average molecular weight is 658 g/mol. The minimum Gasteiger partial charge on any atom is -0.487 e. The third-order valence-corrected chi connectivity index (χ3v) is 6.86. The summed E-state index contributed by atoms with van der Waals surface area (Å²) in [6, 6.07) is 19.9. The van der Waals surface area contributed by atoms with E-state index in [1.54, 1.807) is 30.3 Å². The molecule has 13 heteroatoms. The number of aromatic nitrogens is 2. The fourth-order valence-electron chi connectivity index (χ4n) is 4.12. The first-order valence-corrected chi connectivity index (χ1v) is 13.3. The van der Waals surface area contributed by atoms with E-state index in [9.17, 15) is 28.1 Å². The van der Waals surface area contributed by atoms with Crippen molar-refractivity contribution in [3.05, 3.63) is 132 Å². The van der Waals surface area contributed by atoms with E-state index in [2.05, 4.69) is 26.0 Å². The van der Waals surface area contributed by atoms with Crippen LogP contribution < -0.4 is 10.3 Å². The third-order valence-electron chi connectivity index (χ3n) is 6.06. The summed E-state index contributed by atoms with van der Waals surface area (Å²) in [6.07, 6.45) is -3.34. The van der Waals surface area contributed by atoms with Gasteiger partial charge in [-0.1, -0.05) is 48.0 Å². The molecule has 0 aliphatic rings. The minimum absolute atomic E-state index is 0.0271. The maximum absolute atomic E-state index is 13.5. The Kier molecular flexibility index (Phi) is 8.10. The number of hydrogen-bond acceptors (Lipinski definition) is 6. The Bertz CT molecular complexity index is 1930. The molecule has 4 aromatic carbocycles. The summed E-state index contributed by atoms with van der Waals surface area (Å²) < 4.78 is 47.7. The minimum atomic E-state index is -4.61. The maximum atomic E-state index is 13.5. The number of para-hydroxylation sites is 1. The summed E-state index contributed by atoms with van der Waals surface area (Å²) in [5, 5.41) is 16.0. The van der Waals surface area contributed by atoms with Crippen LogP contribution >= 0.6 is 27.5 Å². The van der Waals surface area contributed by atoms with Crippen molar-refractivity contribution < 1.29 is 22.8 Å². The molecule has 5 aromatic rings. The van der Waals surface area contributed by atoms with E-state index in [1.807, 2.05) is 0 Å². The summed E-state index contributed by atoms with van der Waals surface area (Å²) in [4.78, 5) is 28.6. The van der Waals surface area contributed by atoms with Gasteiger partial charge in [0, 0.05) is 28.3 Å². The number of rotatable bonds is 7. The van der Waals surface area contributed by atoms with Crippen molar-refractivity contribution in [3.63, 3.8) is 0 Å². The monoisotopic (exact) mass is 656 g/mol. The highest BCUT2D eigenvalue weighted by atomic mass is 79.9. The largest absolute Gasteiger partial charge is 0.487 e. The van der Waals surface area contributed by atoms with Crippen molar-refractivity contribution in [2.45, 2.75) is 12.8 Å². The molecule has 0 unspecified atom stereocenters. The summed E-state index contributed by atoms with van der Waals surface area (Å²) >= 11 is 9.66. The van der Waals surface area contributed by atoms with Gasteiger partial charge in [0.2, 0.25) is 0 Å². The molecule has 0 fully saturated rings. The number of ether oxygens (including phenoxy) is 1. The SMILES string of the molecule is O=c1c2ccccc2nc(-c2cccc(C(F)(F)F)c2)n1N=Cc1cc(Cl)cc(Br)c1OCc1cccc([N+](=O)[O-])c1. The molecule has 0 spiro atoms. The predicted molar refractivity (Wildman–Crippen MR) is 156 cm³/mol. The first-order chi connectivity index (χ1) is 20.0. The quantitative estimate of drug-likeness (QED) is 0.101. The van der Waals surface area contributed by atoms with Gasteiger partial charge in [0.15, 0.2) is 5.82 Å². The van der Waals surface area contributed by atoms with E-state index in [0.29, 0.717) is 20.6 Å². The Labute approximate surface area is 248 Å². The maximum Gasteiger partial charge on any atom is 0.416 e. The molecule has 0 bridgehead atoms. The third kappa shape index (κ3) is 6.19. The highest BCUT2D eigenvalue weighted by molar-refractivity contribution is 9.10. The molecule has 1 heterocycles. The molecule has 0 aliphatic heterocycles. The van der Waals surface area contributed by atoms with Gasteiger partial charge in [0.05, 0.1) is 32.1 Å². The van der Waals surface area contributed by atoms with Gasteiger partial charge < -0.3 is 4.74 Å². The van der Waals surface area contributed by atoms with E-state index in [0.717, 1.165) is 16.8 Å². The molecule has 42 heavy (non-hydrogen) atoms. The first-order valence-electron chi connectivity index (χ1n) is 12.1. The van der Waals surface area contributed by atoms with Gasteiger partial charge in [-0.25, -0.2) is 4.98 Å². The number of nitro groups is 1. The highest BCUT2D eigenvalue weighted by Gasteiger charge is 2.31. The summed E-state index contributed by atoms with van der Waals surface area (Å²) in [7, 11) is 0. The van der Waals surface area contributed by atoms with Crippen LogP contribution in [0.5, 0.6) is 5.75 Å². The summed E-state index contributed by atoms with van der Waals surface area (Å²) in [5.41, 5.74) is -0.464. The van der Waals surface area contributed by atoms with Crippen LogP contribution in [0.25, 0.3) is 22.3 Å². The van der Waals surface area contributed by atoms with E-state index < -0.39 is 22.2 Å². The van der Waals surface area contributed by atoms with Crippen LogP contribution in [-0.2, 0) is 12.8 Å². The number of nitrogens with zero attached hydrogens (tertiary/aromatic N) is 4. The molecule has 0 aliphatic carbocycles. The van der Waals surface area contributed by atoms with Gasteiger partial charge in [-0.15, -0.1) is 0 Å². The van der Waals surface area contributed by atoms with Crippen LogP contribution in [0, 0.1) is 10.1 Å². The molecule has 0 radical (unpaired) electrons. The lowest BCUT2D eigenvalue weighted by Gasteiger charge is -2.13. The normalized spacial score (nSPS) is 11.7. The lowest BCUT2D eigenvalue weighted by atomic mass is 10.1. The molecule has 8 nitrogen and oxygen atoms in total. The van der Waals surface area contributed by atoms with Gasteiger partial charge in [0.1, 0.15) is 12.4 Å². The van der Waals surface area contributed by atoms with Gasteiger partial charge >= 0.3 is 6.18 Å². The lowest BCUT2D eigenvalue weighted by molar-refractivity contribution is -0.384. The number of hydrogen-bond donors (Lipinski definition) is 0. The van der Waals surface area contributed by atoms with Crippen LogP contribution in [0.3, 0.4) is 0 Å². The van der Waals surface area contributed by atoms with Crippen molar-refractivity contribution in [1.29, 1.82) is 0 Å². The predicted octanol–water partition coefficient (Wildman–Crippen LogP) is 7.87. The fraction of sp³-hybridized carbons (Fsp3) is 0.0690. The Morgan fingerprint density at radius 1 is 1.05 bits per heavy atom. The number of non-ortho nitro benzene ring substituents is 1. The molecule has 0 saturated heterocycles. The van der Waals surface area contributed by atoms with Gasteiger partial charge in [-0.05, 0) is 57.9 Å². The molecular weight excluding hydrogens is 641 g/mol. The van der Waals surface area contributed by atoms with Gasteiger partial charge in [-0.3, -0.25) is 14.9 Å². The second-order valence-corrected chi connectivity index (χ2v) is 10.2. The van der Waals surface area contributed by atoms with Crippen molar-refractivity contribution in [3.8, 4) is 17.1 Å². The standard InChI is InChI=1S/C29H17BrClF3N4O4/c30-24-14-21(31)13-19(26(24)42-16-17-5-3-8-22(11-17)38(40)41)15-35-37-27(18-6-4-7-20(12-18)29(32,33)34)36-25-10-2-1-9-23(25)28(37)39/h1-15H,16H2. The number of fused-ring (bicyclic) bond motifs is 1. The lowest BCUT2D eigenvalue weighted by Crippen LogP contribution is -2.20. The Balaban J connectivity index is 1.60. The van der Waals surface area contributed by atoms with Gasteiger partial charge in [0.25, 0.3) is 11.2 Å². The fourth-order valence-corrected chi connectivity index (χ4v) is 5.06. The van der Waals surface area contributed by atoms with Crippen LogP contribution in [0.1, 0.15) is 16.7 Å². The molecule has 0 atom stereocenters. The Morgan fingerprint density at radius 2 is 1.81 bits per heavy atom. The highest BCUT2D eigenvalue weighted by Crippen LogP contribution is 2.34. The van der Waals surface area contributed by atoms with E-state index in [4.69, 9.17) is 16.3 Å². The molecule has 212 valence electrons. The zero-order chi connectivity index (χ0) is 30.0. The number of benzene rings is 4. The first kappa shape index (κ1) is 29.0. The number of nitro benzene ring substituents is 1. The molecule has 0 amide bonds. The van der Waals surface area contributed by atoms with Crippen molar-refractivity contribution in [2.24, 2.45) is 5.10 Å². The number of halogens is 5. The van der Waals surface area contributed by atoms with E-state index in [-0.39, 0.29) is 40.3 Å². The van der Waals surface area contributed by atoms with Crippen molar-refractivity contribution in [2.75, 3.05) is 0 Å². The molecule has 0 N–H and O–H groups in total. The molecule has 5 rings (SSSR count). The zero-order valence-electron chi connectivity index (χ0n) is 21.2. The second kappa shape index (κ2) is 11.7. The second-order valence-electron chi connectivity index (χ2n) is 8.91. The van der Waals surface area contributed by atoms with E-state index >= 15 is 0 Å². The van der Waals surface area contributed by atoms with Crippen LogP contribution in [0.15, 0.2) is 99.3 Å². The average Bonchev–Trinajstić information content (AvgIpc) is 2.96. The van der Waals surface area contributed by atoms with Crippen molar-refractivity contribution in [1.82, 2.24) is 9.66 Å². The van der Waals surface area contributed by atoms with E-state index in [1.165, 1.54) is 48.7 Å². The Hall–Kier alpha value is -4.55. The van der Waals surface area contributed by atoms with Gasteiger partial charge in [-0.2, -0.15) is 22.9 Å². The van der Waals surface area contributed by atoms with Crippen LogP contribution in [0.2, 0.25) is 5.02 Å². The number of alkyl halides is 3. The molecular formula is C29H17BrClF3N4O4. The summed E-state index contributed by atoms with van der Waals surface area (Å²) in [6.45, 7) is -0.0459. The smallest absolute Gasteiger partial charge is 0.416 e. The summed E-state index contributed by atoms with van der Waals surface area (Å²) in [5.74, 6) is 0.151. The molecule has 1 aromatic heterocycles.